The first-order valence-corrected chi connectivity index (χ1v) is 10.4. The molecular formula is C23H28FN3O. The summed E-state index contributed by atoms with van der Waals surface area (Å²) in [4.78, 5) is 19.3. The number of pyridine rings is 1. The van der Waals surface area contributed by atoms with Crippen molar-refractivity contribution in [1.82, 2.24) is 15.2 Å². The standard InChI is InChI=1S/C23H28FN3O/c24-19-8-4-7-18(14-19)20-16-27(21-9-2-1-3-13-26-23(20)21)22(28)11-10-17-6-5-12-25-15-17/h4-8,12,14-15,20-21,23,26H,1-3,9-11,13,16H2/t20-,21+,23-/m0/s1. The molecule has 1 amide bonds. The van der Waals surface area contributed by atoms with Crippen molar-refractivity contribution in [1.29, 1.82) is 0 Å². The maximum Gasteiger partial charge on any atom is 0.223 e. The number of aryl methyl sites for hydroxylation is 1. The maximum atomic E-state index is 13.8. The van der Waals surface area contributed by atoms with Crippen LogP contribution in [0.15, 0.2) is 48.8 Å². The van der Waals surface area contributed by atoms with Gasteiger partial charge in [0, 0.05) is 43.4 Å². The van der Waals surface area contributed by atoms with Gasteiger partial charge in [0.05, 0.1) is 0 Å². The molecule has 0 saturated carbocycles. The fourth-order valence-corrected chi connectivity index (χ4v) is 4.74. The zero-order valence-electron chi connectivity index (χ0n) is 16.2. The van der Waals surface area contributed by atoms with E-state index in [1.807, 2.05) is 24.4 Å². The molecule has 5 heteroatoms. The lowest BCUT2D eigenvalue weighted by molar-refractivity contribution is -0.132. The van der Waals surface area contributed by atoms with E-state index in [0.29, 0.717) is 19.4 Å². The lowest BCUT2D eigenvalue weighted by Gasteiger charge is -2.31. The second-order valence-electron chi connectivity index (χ2n) is 7.97. The summed E-state index contributed by atoms with van der Waals surface area (Å²) in [7, 11) is 0. The van der Waals surface area contributed by atoms with Gasteiger partial charge in [-0.15, -0.1) is 0 Å². The van der Waals surface area contributed by atoms with Gasteiger partial charge in [0.15, 0.2) is 0 Å². The van der Waals surface area contributed by atoms with Crippen molar-refractivity contribution >= 4 is 5.91 Å². The first-order valence-electron chi connectivity index (χ1n) is 10.4. The summed E-state index contributed by atoms with van der Waals surface area (Å²) >= 11 is 0. The van der Waals surface area contributed by atoms with Gasteiger partial charge in [-0.25, -0.2) is 4.39 Å². The molecule has 0 unspecified atom stereocenters. The molecule has 0 spiro atoms. The maximum absolute atomic E-state index is 13.8. The molecule has 1 aromatic heterocycles. The summed E-state index contributed by atoms with van der Waals surface area (Å²) in [6.45, 7) is 1.63. The highest BCUT2D eigenvalue weighted by atomic mass is 19.1. The van der Waals surface area contributed by atoms with E-state index in [1.165, 1.54) is 12.5 Å². The first kappa shape index (κ1) is 19.1. The molecule has 2 aliphatic heterocycles. The van der Waals surface area contributed by atoms with Gasteiger partial charge in [0.2, 0.25) is 5.91 Å². The predicted molar refractivity (Wildman–Crippen MR) is 107 cm³/mol. The van der Waals surface area contributed by atoms with E-state index < -0.39 is 0 Å². The minimum atomic E-state index is -0.207. The highest BCUT2D eigenvalue weighted by molar-refractivity contribution is 5.77. The molecule has 28 heavy (non-hydrogen) atoms. The number of fused-ring (bicyclic) bond motifs is 1. The molecular weight excluding hydrogens is 353 g/mol. The predicted octanol–water partition coefficient (Wildman–Crippen LogP) is 3.68. The van der Waals surface area contributed by atoms with Crippen molar-refractivity contribution in [2.75, 3.05) is 13.1 Å². The lowest BCUT2D eigenvalue weighted by Crippen LogP contribution is -2.47. The molecule has 2 aliphatic rings. The Balaban J connectivity index is 1.53. The Kier molecular flexibility index (Phi) is 6.01. The van der Waals surface area contributed by atoms with Gasteiger partial charge in [-0.2, -0.15) is 0 Å². The van der Waals surface area contributed by atoms with Gasteiger partial charge in [-0.1, -0.05) is 31.0 Å². The number of halogens is 1. The lowest BCUT2D eigenvalue weighted by atomic mass is 9.88. The number of nitrogens with one attached hydrogen (secondary N) is 1. The fraction of sp³-hybridized carbons (Fsp3) is 0.478. The molecule has 3 heterocycles. The van der Waals surface area contributed by atoms with E-state index in [4.69, 9.17) is 0 Å². The van der Waals surface area contributed by atoms with Crippen molar-refractivity contribution in [2.45, 2.75) is 56.5 Å². The number of amides is 1. The van der Waals surface area contributed by atoms with E-state index in [2.05, 4.69) is 15.2 Å². The van der Waals surface area contributed by atoms with E-state index >= 15 is 0 Å². The van der Waals surface area contributed by atoms with Crippen molar-refractivity contribution in [3.8, 4) is 0 Å². The zero-order valence-corrected chi connectivity index (χ0v) is 16.2. The summed E-state index contributed by atoms with van der Waals surface area (Å²) in [5.74, 6) is 0.127. The average Bonchev–Trinajstić information content (AvgIpc) is 3.04. The topological polar surface area (TPSA) is 45.2 Å². The molecule has 1 aromatic carbocycles. The van der Waals surface area contributed by atoms with Crippen LogP contribution in [0.5, 0.6) is 0 Å². The first-order chi connectivity index (χ1) is 13.7. The van der Waals surface area contributed by atoms with Crippen LogP contribution in [-0.2, 0) is 11.2 Å². The molecule has 3 atom stereocenters. The Morgan fingerprint density at radius 1 is 1.21 bits per heavy atom. The third kappa shape index (κ3) is 4.25. The SMILES string of the molecule is O=C(CCc1cccnc1)N1C[C@@H](c2cccc(F)c2)[C@@H]2NCCCCC[C@H]21. The fourth-order valence-electron chi connectivity index (χ4n) is 4.74. The molecule has 4 rings (SSSR count). The number of hydrogen-bond acceptors (Lipinski definition) is 3. The molecule has 2 fully saturated rings. The molecule has 0 radical (unpaired) electrons. The molecule has 148 valence electrons. The Bertz CT molecular complexity index is 797. The number of nitrogens with zero attached hydrogens (tertiary/aromatic N) is 2. The van der Waals surface area contributed by atoms with Crippen LogP contribution in [-0.4, -0.2) is 41.0 Å². The Labute approximate surface area is 166 Å². The van der Waals surface area contributed by atoms with Crippen molar-refractivity contribution < 1.29 is 9.18 Å². The Hall–Kier alpha value is -2.27. The molecule has 2 saturated heterocycles. The second kappa shape index (κ2) is 8.82. The van der Waals surface area contributed by atoms with Crippen molar-refractivity contribution in [2.24, 2.45) is 0 Å². The third-order valence-corrected chi connectivity index (χ3v) is 6.15. The van der Waals surface area contributed by atoms with E-state index in [0.717, 1.165) is 36.9 Å². The number of aromatic nitrogens is 1. The average molecular weight is 381 g/mol. The smallest absolute Gasteiger partial charge is 0.223 e. The summed E-state index contributed by atoms with van der Waals surface area (Å²) in [6, 6.07) is 11.2. The molecule has 0 bridgehead atoms. The van der Waals surface area contributed by atoms with Crippen molar-refractivity contribution in [3.63, 3.8) is 0 Å². The van der Waals surface area contributed by atoms with Gasteiger partial charge >= 0.3 is 0 Å². The van der Waals surface area contributed by atoms with Gasteiger partial charge in [-0.3, -0.25) is 9.78 Å². The zero-order chi connectivity index (χ0) is 19.3. The molecule has 2 aromatic rings. The number of carbonyl (C=O) groups excluding carboxylic acids is 1. The Morgan fingerprint density at radius 3 is 2.96 bits per heavy atom. The van der Waals surface area contributed by atoms with Crippen LogP contribution in [0.1, 0.15) is 49.1 Å². The highest BCUT2D eigenvalue weighted by Crippen LogP contribution is 2.36. The third-order valence-electron chi connectivity index (χ3n) is 6.15. The monoisotopic (exact) mass is 381 g/mol. The van der Waals surface area contributed by atoms with E-state index in [1.54, 1.807) is 18.3 Å². The van der Waals surface area contributed by atoms with Crippen LogP contribution in [0.2, 0.25) is 0 Å². The highest BCUT2D eigenvalue weighted by Gasteiger charge is 2.43. The Morgan fingerprint density at radius 2 is 2.14 bits per heavy atom. The molecule has 0 aliphatic carbocycles. The van der Waals surface area contributed by atoms with Crippen LogP contribution in [0, 0.1) is 5.82 Å². The number of likely N-dealkylation sites (tertiary alicyclic amines) is 1. The minimum Gasteiger partial charge on any atom is -0.337 e. The second-order valence-corrected chi connectivity index (χ2v) is 7.97. The van der Waals surface area contributed by atoms with Gasteiger partial charge in [-0.05, 0) is 55.1 Å². The van der Waals surface area contributed by atoms with Gasteiger partial charge < -0.3 is 10.2 Å². The molecule has 1 N–H and O–H groups in total. The minimum absolute atomic E-state index is 0.140. The van der Waals surface area contributed by atoms with Gasteiger partial charge in [0.25, 0.3) is 0 Å². The van der Waals surface area contributed by atoms with Crippen LogP contribution < -0.4 is 5.32 Å². The normalized spacial score (nSPS) is 25.0. The largest absolute Gasteiger partial charge is 0.337 e. The summed E-state index contributed by atoms with van der Waals surface area (Å²) in [5, 5.41) is 3.68. The molecule has 4 nitrogen and oxygen atoms in total. The number of benzene rings is 1. The van der Waals surface area contributed by atoms with Crippen LogP contribution in [0.4, 0.5) is 4.39 Å². The summed E-state index contributed by atoms with van der Waals surface area (Å²) in [5.41, 5.74) is 2.08. The van der Waals surface area contributed by atoms with Crippen LogP contribution in [0.3, 0.4) is 0 Å². The van der Waals surface area contributed by atoms with Gasteiger partial charge in [0.1, 0.15) is 5.82 Å². The van der Waals surface area contributed by atoms with E-state index in [-0.39, 0.29) is 29.7 Å². The number of carbonyl (C=O) groups is 1. The number of rotatable bonds is 4. The van der Waals surface area contributed by atoms with E-state index in [9.17, 15) is 9.18 Å². The quantitative estimate of drug-likeness (QED) is 0.879. The van der Waals surface area contributed by atoms with Crippen LogP contribution in [0.25, 0.3) is 0 Å². The van der Waals surface area contributed by atoms with Crippen molar-refractivity contribution in [3.05, 3.63) is 65.7 Å². The number of hydrogen-bond donors (Lipinski definition) is 1. The van der Waals surface area contributed by atoms with Crippen LogP contribution >= 0.6 is 0 Å². The summed E-state index contributed by atoms with van der Waals surface area (Å²) in [6.07, 6.45) is 9.29. The summed E-state index contributed by atoms with van der Waals surface area (Å²) < 4.78 is 13.8.